The van der Waals surface area contributed by atoms with E-state index < -0.39 is 0 Å². The van der Waals surface area contributed by atoms with Crippen molar-refractivity contribution in [3.8, 4) is 11.3 Å². The van der Waals surface area contributed by atoms with Gasteiger partial charge < -0.3 is 18.9 Å². The highest BCUT2D eigenvalue weighted by molar-refractivity contribution is 5.79. The highest BCUT2D eigenvalue weighted by Crippen LogP contribution is 2.21. The van der Waals surface area contributed by atoms with Gasteiger partial charge in [-0.2, -0.15) is 0 Å². The fourth-order valence-electron chi connectivity index (χ4n) is 3.12. The second-order valence-electron chi connectivity index (χ2n) is 6.61. The monoisotopic (exact) mass is 390 g/mol. The fraction of sp³-hybridized carbons (Fsp3) is 0.450. The molecule has 0 unspecified atom stereocenters. The lowest BCUT2D eigenvalue weighted by molar-refractivity contribution is -0.152. The van der Waals surface area contributed by atoms with Crippen molar-refractivity contribution in [2.45, 2.75) is 26.4 Å². The van der Waals surface area contributed by atoms with Crippen LogP contribution in [0.1, 0.15) is 25.5 Å². The second-order valence-corrected chi connectivity index (χ2v) is 6.61. The Hall–Kier alpha value is -2.74. The third kappa shape index (κ3) is 5.16. The van der Waals surface area contributed by atoms with Crippen LogP contribution >= 0.6 is 0 Å². The Bertz CT molecular complexity index is 805. The van der Waals surface area contributed by atoms with Crippen molar-refractivity contribution in [1.29, 1.82) is 0 Å². The molecule has 1 aliphatic rings. The number of hydrogen-bond donors (Lipinski definition) is 0. The van der Waals surface area contributed by atoms with Crippen molar-refractivity contribution >= 4 is 11.9 Å². The van der Waals surface area contributed by atoms with Crippen LogP contribution in [0, 0.1) is 11.7 Å². The lowest BCUT2D eigenvalue weighted by atomic mass is 9.98. The van der Waals surface area contributed by atoms with E-state index in [1.165, 1.54) is 12.1 Å². The van der Waals surface area contributed by atoms with Gasteiger partial charge in [0.05, 0.1) is 19.1 Å². The highest BCUT2D eigenvalue weighted by atomic mass is 19.1. The summed E-state index contributed by atoms with van der Waals surface area (Å²) in [6.07, 6.45) is 1.49. The topological polar surface area (TPSA) is 81.9 Å². The highest BCUT2D eigenvalue weighted by Gasteiger charge is 2.29. The molecule has 0 spiro atoms. The first kappa shape index (κ1) is 20.0. The molecular formula is C20H23FN2O5. The van der Waals surface area contributed by atoms with Gasteiger partial charge in [-0.05, 0) is 44.0 Å². The number of aromatic nitrogens is 1. The van der Waals surface area contributed by atoms with Gasteiger partial charge in [0.25, 0.3) is 0 Å². The molecule has 28 heavy (non-hydrogen) atoms. The molecule has 0 bridgehead atoms. The van der Waals surface area contributed by atoms with E-state index in [1.807, 2.05) is 0 Å². The van der Waals surface area contributed by atoms with Crippen LogP contribution in [0.5, 0.6) is 0 Å². The zero-order chi connectivity index (χ0) is 19.9. The first-order valence-corrected chi connectivity index (χ1v) is 9.30. The molecule has 7 nitrogen and oxygen atoms in total. The molecule has 0 aliphatic carbocycles. The molecule has 1 aromatic heterocycles. The van der Waals surface area contributed by atoms with Gasteiger partial charge in [0.15, 0.2) is 5.76 Å². The summed E-state index contributed by atoms with van der Waals surface area (Å²) >= 11 is 0. The molecule has 150 valence electrons. The number of rotatable bonds is 7. The summed E-state index contributed by atoms with van der Waals surface area (Å²) in [7, 11) is 0. The predicted octanol–water partition coefficient (Wildman–Crippen LogP) is 2.80. The quantitative estimate of drug-likeness (QED) is 0.676. The van der Waals surface area contributed by atoms with E-state index in [0.29, 0.717) is 36.7 Å². The number of ether oxygens (including phenoxy) is 2. The minimum atomic E-state index is -0.326. The van der Waals surface area contributed by atoms with Gasteiger partial charge in [0.1, 0.15) is 18.1 Å². The van der Waals surface area contributed by atoms with Crippen LogP contribution in [0.15, 0.2) is 34.9 Å². The average molecular weight is 390 g/mol. The third-order valence-electron chi connectivity index (χ3n) is 4.56. The number of likely N-dealkylation sites (tertiary alicyclic amines) is 1. The van der Waals surface area contributed by atoms with Crippen molar-refractivity contribution in [3.05, 3.63) is 41.8 Å². The zero-order valence-corrected chi connectivity index (χ0v) is 15.7. The molecule has 8 heteroatoms. The summed E-state index contributed by atoms with van der Waals surface area (Å²) in [5.41, 5.74) is 1.24. The molecular weight excluding hydrogens is 367 g/mol. The molecule has 2 heterocycles. The van der Waals surface area contributed by atoms with Gasteiger partial charge in [0, 0.05) is 24.7 Å². The van der Waals surface area contributed by atoms with Crippen LogP contribution in [-0.4, -0.2) is 48.2 Å². The first-order chi connectivity index (χ1) is 13.6. The first-order valence-electron chi connectivity index (χ1n) is 9.30. The Morgan fingerprint density at radius 1 is 1.32 bits per heavy atom. The SMILES string of the molecule is CCOC(=O)[C@@H]1CCCN(C(=O)COCc2cc(-c3ccc(F)cc3)on2)C1. The van der Waals surface area contributed by atoms with Crippen molar-refractivity contribution in [1.82, 2.24) is 10.1 Å². The Labute approximate surface area is 162 Å². The minimum Gasteiger partial charge on any atom is -0.466 e. The maximum atomic E-state index is 13.0. The minimum absolute atomic E-state index is 0.103. The predicted molar refractivity (Wildman–Crippen MR) is 97.5 cm³/mol. The number of amides is 1. The van der Waals surface area contributed by atoms with Gasteiger partial charge in [-0.1, -0.05) is 5.16 Å². The van der Waals surface area contributed by atoms with E-state index in [1.54, 1.807) is 30.0 Å². The van der Waals surface area contributed by atoms with Crippen molar-refractivity contribution in [2.75, 3.05) is 26.3 Å². The average Bonchev–Trinajstić information content (AvgIpc) is 3.17. The van der Waals surface area contributed by atoms with Gasteiger partial charge in [-0.3, -0.25) is 9.59 Å². The second kappa shape index (κ2) is 9.45. The molecule has 1 aromatic carbocycles. The van der Waals surface area contributed by atoms with Crippen molar-refractivity contribution in [2.24, 2.45) is 5.92 Å². The number of piperidine rings is 1. The molecule has 1 amide bonds. The third-order valence-corrected chi connectivity index (χ3v) is 4.56. The Morgan fingerprint density at radius 3 is 2.86 bits per heavy atom. The van der Waals surface area contributed by atoms with E-state index in [2.05, 4.69) is 5.16 Å². The van der Waals surface area contributed by atoms with E-state index >= 15 is 0 Å². The van der Waals surface area contributed by atoms with Crippen LogP contribution in [0.4, 0.5) is 4.39 Å². The summed E-state index contributed by atoms with van der Waals surface area (Å²) in [4.78, 5) is 25.9. The standard InChI is InChI=1S/C20H23FN2O5/c1-2-27-20(25)15-4-3-9-23(11-15)19(24)13-26-12-17-10-18(28-22-17)14-5-7-16(21)8-6-14/h5-8,10,15H,2-4,9,11-13H2,1H3/t15-/m1/s1. The van der Waals surface area contributed by atoms with Gasteiger partial charge in [-0.15, -0.1) is 0 Å². The molecule has 2 aromatic rings. The Morgan fingerprint density at radius 2 is 2.11 bits per heavy atom. The van der Waals surface area contributed by atoms with Gasteiger partial charge >= 0.3 is 5.97 Å². The normalized spacial score (nSPS) is 16.8. The molecule has 0 saturated carbocycles. The molecule has 1 aliphatic heterocycles. The maximum absolute atomic E-state index is 13.0. The smallest absolute Gasteiger partial charge is 0.310 e. The molecule has 0 radical (unpaired) electrons. The number of nitrogens with zero attached hydrogens (tertiary/aromatic N) is 2. The van der Waals surface area contributed by atoms with Crippen LogP contribution < -0.4 is 0 Å². The van der Waals surface area contributed by atoms with Crippen molar-refractivity contribution < 1.29 is 28.0 Å². The van der Waals surface area contributed by atoms with E-state index in [4.69, 9.17) is 14.0 Å². The number of benzene rings is 1. The summed E-state index contributed by atoms with van der Waals surface area (Å²) < 4.78 is 28.7. The lowest BCUT2D eigenvalue weighted by Gasteiger charge is -2.31. The van der Waals surface area contributed by atoms with E-state index in [-0.39, 0.29) is 36.8 Å². The van der Waals surface area contributed by atoms with Crippen LogP contribution in [-0.2, 0) is 25.7 Å². The molecule has 1 saturated heterocycles. The lowest BCUT2D eigenvalue weighted by Crippen LogP contribution is -2.44. The molecule has 1 atom stereocenters. The maximum Gasteiger partial charge on any atom is 0.310 e. The van der Waals surface area contributed by atoms with Crippen LogP contribution in [0.3, 0.4) is 0 Å². The van der Waals surface area contributed by atoms with Crippen LogP contribution in [0.2, 0.25) is 0 Å². The number of hydrogen-bond acceptors (Lipinski definition) is 6. The van der Waals surface area contributed by atoms with E-state index in [0.717, 1.165) is 12.8 Å². The fourth-order valence-corrected chi connectivity index (χ4v) is 3.12. The summed E-state index contributed by atoms with van der Waals surface area (Å²) in [5, 5.41) is 3.90. The Balaban J connectivity index is 1.46. The summed E-state index contributed by atoms with van der Waals surface area (Å²) in [6.45, 7) is 3.09. The van der Waals surface area contributed by atoms with Crippen LogP contribution in [0.25, 0.3) is 11.3 Å². The van der Waals surface area contributed by atoms with Crippen molar-refractivity contribution in [3.63, 3.8) is 0 Å². The largest absolute Gasteiger partial charge is 0.466 e. The molecule has 3 rings (SSSR count). The number of esters is 1. The van der Waals surface area contributed by atoms with E-state index in [9.17, 15) is 14.0 Å². The zero-order valence-electron chi connectivity index (χ0n) is 15.7. The van der Waals surface area contributed by atoms with Gasteiger partial charge in [-0.25, -0.2) is 4.39 Å². The molecule has 0 N–H and O–H groups in total. The number of carbonyl (C=O) groups excluding carboxylic acids is 2. The number of carbonyl (C=O) groups is 2. The number of halogens is 1. The van der Waals surface area contributed by atoms with Gasteiger partial charge in [0.2, 0.25) is 5.91 Å². The Kier molecular flexibility index (Phi) is 6.76. The summed E-state index contributed by atoms with van der Waals surface area (Å²) in [6, 6.07) is 7.57. The molecule has 1 fully saturated rings. The summed E-state index contributed by atoms with van der Waals surface area (Å²) in [5.74, 6) is -0.522.